The smallest absolute Gasteiger partial charge is 0.262 e. The number of nitrogens with zero attached hydrogens (tertiary/aromatic N) is 3. The molecule has 0 aliphatic heterocycles. The number of carbonyl (C=O) groups is 2. The van der Waals surface area contributed by atoms with Gasteiger partial charge < -0.3 is 19.7 Å². The minimum atomic E-state index is -0.820. The van der Waals surface area contributed by atoms with Crippen LogP contribution in [0.25, 0.3) is 28.1 Å². The molecule has 5 aromatic rings. The number of benzene rings is 2. The summed E-state index contributed by atoms with van der Waals surface area (Å²) in [5, 5.41) is 13.2. The summed E-state index contributed by atoms with van der Waals surface area (Å²) in [6.07, 6.45) is 1.27. The fourth-order valence-corrected chi connectivity index (χ4v) is 5.34. The highest BCUT2D eigenvalue weighted by Gasteiger charge is 2.51. The van der Waals surface area contributed by atoms with Crippen LogP contribution < -0.4 is 10.6 Å². The first-order valence-electron chi connectivity index (χ1n) is 11.8. The number of rotatable bonds is 7. The van der Waals surface area contributed by atoms with Gasteiger partial charge in [-0.2, -0.15) is 4.98 Å². The standard InChI is InChI=1S/C27H22ClN5O3S/c1-16-30-24(32-36-16)23-22(28)19-5-2-3-6-20(19)33(23)18-10-8-17(9-11-18)15-29-26(35)27(12-13-27)31-25(34)21-7-4-14-37-21/h2-11,14H,12-13,15H2,1H3,(H,29,35)(H,31,34). The predicted octanol–water partition coefficient (Wildman–Crippen LogP) is 5.28. The topological polar surface area (TPSA) is 102 Å². The van der Waals surface area contributed by atoms with Crippen LogP contribution in [0.2, 0.25) is 5.02 Å². The lowest BCUT2D eigenvalue weighted by Gasteiger charge is -2.17. The molecule has 3 heterocycles. The Labute approximate surface area is 221 Å². The van der Waals surface area contributed by atoms with Crippen LogP contribution in [0.1, 0.15) is 34.0 Å². The average molecular weight is 532 g/mol. The summed E-state index contributed by atoms with van der Waals surface area (Å²) in [5.74, 6) is 0.486. The largest absolute Gasteiger partial charge is 0.350 e. The summed E-state index contributed by atoms with van der Waals surface area (Å²) in [6, 6.07) is 19.2. The van der Waals surface area contributed by atoms with E-state index < -0.39 is 5.54 Å². The Morgan fingerprint density at radius 2 is 1.89 bits per heavy atom. The minimum absolute atomic E-state index is 0.167. The van der Waals surface area contributed by atoms with Gasteiger partial charge in [0.15, 0.2) is 0 Å². The number of fused-ring (bicyclic) bond motifs is 1. The second-order valence-electron chi connectivity index (χ2n) is 9.01. The quantitative estimate of drug-likeness (QED) is 0.297. The summed E-state index contributed by atoms with van der Waals surface area (Å²) in [4.78, 5) is 30.3. The molecule has 10 heteroatoms. The van der Waals surface area contributed by atoms with E-state index in [1.165, 1.54) is 11.3 Å². The summed E-state index contributed by atoms with van der Waals surface area (Å²) in [6.45, 7) is 2.08. The van der Waals surface area contributed by atoms with Gasteiger partial charge in [-0.05, 0) is 48.1 Å². The highest BCUT2D eigenvalue weighted by atomic mass is 35.5. The Balaban J connectivity index is 1.21. The van der Waals surface area contributed by atoms with E-state index in [9.17, 15) is 9.59 Å². The Kier molecular flexibility index (Phi) is 5.81. The SMILES string of the molecule is Cc1nc(-c2c(Cl)c3ccccc3n2-c2ccc(CNC(=O)C3(NC(=O)c4cccs4)CC3)cc2)no1. The van der Waals surface area contributed by atoms with Crippen molar-refractivity contribution < 1.29 is 14.1 Å². The molecule has 0 unspecified atom stereocenters. The van der Waals surface area contributed by atoms with Crippen molar-refractivity contribution in [2.24, 2.45) is 0 Å². The van der Waals surface area contributed by atoms with Gasteiger partial charge in [0.2, 0.25) is 17.6 Å². The lowest BCUT2D eigenvalue weighted by Crippen LogP contribution is -2.48. The molecule has 6 rings (SSSR count). The molecular weight excluding hydrogens is 510 g/mol. The van der Waals surface area contributed by atoms with Crippen LogP contribution in [-0.4, -0.2) is 32.1 Å². The molecule has 2 aromatic carbocycles. The molecule has 8 nitrogen and oxygen atoms in total. The van der Waals surface area contributed by atoms with Gasteiger partial charge >= 0.3 is 0 Å². The molecule has 0 radical (unpaired) electrons. The maximum Gasteiger partial charge on any atom is 0.262 e. The number of carbonyl (C=O) groups excluding carboxylic acids is 2. The van der Waals surface area contributed by atoms with Crippen LogP contribution in [0.15, 0.2) is 70.6 Å². The van der Waals surface area contributed by atoms with Crippen LogP contribution in [0, 0.1) is 6.92 Å². The molecule has 0 spiro atoms. The van der Waals surface area contributed by atoms with Gasteiger partial charge in [-0.1, -0.05) is 53.2 Å². The number of thiophene rings is 1. The van der Waals surface area contributed by atoms with Crippen molar-refractivity contribution in [2.45, 2.75) is 31.8 Å². The van der Waals surface area contributed by atoms with Crippen molar-refractivity contribution >= 4 is 45.7 Å². The third-order valence-corrected chi connectivity index (χ3v) is 7.73. The Hall–Kier alpha value is -3.95. The van der Waals surface area contributed by atoms with E-state index >= 15 is 0 Å². The monoisotopic (exact) mass is 531 g/mol. The van der Waals surface area contributed by atoms with Gasteiger partial charge in [-0.3, -0.25) is 9.59 Å². The van der Waals surface area contributed by atoms with Crippen LogP contribution >= 0.6 is 22.9 Å². The van der Waals surface area contributed by atoms with Crippen LogP contribution in [0.4, 0.5) is 0 Å². The van der Waals surface area contributed by atoms with E-state index in [2.05, 4.69) is 20.8 Å². The van der Waals surface area contributed by atoms with Crippen LogP contribution in [0.5, 0.6) is 0 Å². The average Bonchev–Trinajstić information content (AvgIpc) is 3.25. The van der Waals surface area contributed by atoms with E-state index in [4.69, 9.17) is 16.1 Å². The summed E-state index contributed by atoms with van der Waals surface area (Å²) < 4.78 is 7.22. The van der Waals surface area contributed by atoms with Crippen molar-refractivity contribution in [2.75, 3.05) is 0 Å². The molecule has 1 aliphatic rings. The van der Waals surface area contributed by atoms with Crippen molar-refractivity contribution in [1.82, 2.24) is 25.3 Å². The fourth-order valence-electron chi connectivity index (χ4n) is 4.40. The fraction of sp³-hybridized carbons (Fsp3) is 0.185. The number of amides is 2. The van der Waals surface area contributed by atoms with Gasteiger partial charge in [0.05, 0.1) is 15.4 Å². The molecule has 186 valence electrons. The van der Waals surface area contributed by atoms with Gasteiger partial charge in [0, 0.05) is 24.5 Å². The number of nitrogens with one attached hydrogen (secondary N) is 2. The zero-order valence-corrected chi connectivity index (χ0v) is 21.4. The normalized spacial score (nSPS) is 14.0. The lowest BCUT2D eigenvalue weighted by molar-refractivity contribution is -0.124. The molecule has 0 bridgehead atoms. The Morgan fingerprint density at radius 3 is 2.57 bits per heavy atom. The lowest BCUT2D eigenvalue weighted by atomic mass is 10.1. The van der Waals surface area contributed by atoms with E-state index in [0.29, 0.717) is 46.7 Å². The van der Waals surface area contributed by atoms with Crippen molar-refractivity contribution in [3.05, 3.63) is 87.4 Å². The van der Waals surface area contributed by atoms with Crippen molar-refractivity contribution in [1.29, 1.82) is 0 Å². The summed E-state index contributed by atoms with van der Waals surface area (Å²) >= 11 is 8.13. The van der Waals surface area contributed by atoms with Crippen molar-refractivity contribution in [3.8, 4) is 17.2 Å². The molecule has 1 saturated carbocycles. The summed E-state index contributed by atoms with van der Waals surface area (Å²) in [7, 11) is 0. The number of para-hydroxylation sites is 1. The first kappa shape index (κ1) is 23.4. The predicted molar refractivity (Wildman–Crippen MR) is 142 cm³/mol. The summed E-state index contributed by atoms with van der Waals surface area (Å²) in [5.41, 5.74) is 2.55. The molecule has 1 aliphatic carbocycles. The van der Waals surface area contributed by atoms with Gasteiger partial charge in [0.25, 0.3) is 5.91 Å². The number of hydrogen-bond acceptors (Lipinski definition) is 6. The first-order valence-corrected chi connectivity index (χ1v) is 13.0. The maximum absolute atomic E-state index is 12.9. The molecule has 0 atom stereocenters. The van der Waals surface area contributed by atoms with E-state index in [0.717, 1.165) is 22.2 Å². The molecule has 2 N–H and O–H groups in total. The minimum Gasteiger partial charge on any atom is -0.350 e. The van der Waals surface area contributed by atoms with E-state index in [1.807, 2.05) is 64.5 Å². The van der Waals surface area contributed by atoms with Crippen molar-refractivity contribution in [3.63, 3.8) is 0 Å². The van der Waals surface area contributed by atoms with E-state index in [1.54, 1.807) is 13.0 Å². The zero-order chi connectivity index (χ0) is 25.6. The first-order chi connectivity index (χ1) is 17.9. The number of halogens is 1. The second kappa shape index (κ2) is 9.17. The zero-order valence-electron chi connectivity index (χ0n) is 19.8. The molecule has 3 aromatic heterocycles. The maximum atomic E-state index is 12.9. The molecule has 2 amide bonds. The second-order valence-corrected chi connectivity index (χ2v) is 10.3. The van der Waals surface area contributed by atoms with Crippen LogP contribution in [-0.2, 0) is 11.3 Å². The molecule has 0 saturated heterocycles. The highest BCUT2D eigenvalue weighted by Crippen LogP contribution is 2.39. The highest BCUT2D eigenvalue weighted by molar-refractivity contribution is 7.12. The molecule has 1 fully saturated rings. The third kappa shape index (κ3) is 4.30. The Bertz CT molecular complexity index is 1620. The molecular formula is C27H22ClN5O3S. The van der Waals surface area contributed by atoms with Gasteiger partial charge in [-0.15, -0.1) is 11.3 Å². The third-order valence-electron chi connectivity index (χ3n) is 6.48. The molecule has 37 heavy (non-hydrogen) atoms. The Morgan fingerprint density at radius 1 is 1.11 bits per heavy atom. The number of aryl methyl sites for hydroxylation is 1. The van der Waals surface area contributed by atoms with Gasteiger partial charge in [-0.25, -0.2) is 0 Å². The van der Waals surface area contributed by atoms with E-state index in [-0.39, 0.29) is 11.8 Å². The van der Waals surface area contributed by atoms with Crippen LogP contribution in [0.3, 0.4) is 0 Å². The number of hydrogen-bond donors (Lipinski definition) is 2. The number of aromatic nitrogens is 3. The van der Waals surface area contributed by atoms with Gasteiger partial charge in [0.1, 0.15) is 11.2 Å².